The summed E-state index contributed by atoms with van der Waals surface area (Å²) in [5.41, 5.74) is 1.75. The van der Waals surface area contributed by atoms with Crippen molar-refractivity contribution >= 4 is 20.0 Å². The molecule has 0 heterocycles. The van der Waals surface area contributed by atoms with Crippen LogP contribution in [0.5, 0.6) is 0 Å². The number of hydrogen-bond donors (Lipinski definition) is 4. The Bertz CT molecular complexity index is 1120. The minimum absolute atomic E-state index is 0.0408. The van der Waals surface area contributed by atoms with E-state index in [0.717, 1.165) is 11.1 Å². The van der Waals surface area contributed by atoms with Crippen molar-refractivity contribution in [1.82, 2.24) is 9.44 Å². The van der Waals surface area contributed by atoms with E-state index in [2.05, 4.69) is 23.7 Å². The maximum absolute atomic E-state index is 12.1. The molecule has 0 bridgehead atoms. The van der Waals surface area contributed by atoms with Gasteiger partial charge in [0, 0.05) is 0 Å². The Morgan fingerprint density at radius 3 is 1.27 bits per heavy atom. The van der Waals surface area contributed by atoms with Gasteiger partial charge in [0.05, 0.1) is 9.79 Å². The molecule has 0 spiro atoms. The normalized spacial score (nSPS) is 13.3. The van der Waals surface area contributed by atoms with E-state index in [0.29, 0.717) is 0 Å². The SMILES string of the molecule is Cc1ccc(S(=O)(=O)NC(O)C#CC#CC(O)NS(=O)(=O)c2ccc(C)cc2)cc1. The largest absolute Gasteiger partial charge is 0.367 e. The van der Waals surface area contributed by atoms with Gasteiger partial charge in [-0.15, -0.1) is 0 Å². The van der Waals surface area contributed by atoms with Crippen LogP contribution in [0.4, 0.5) is 0 Å². The van der Waals surface area contributed by atoms with Crippen LogP contribution < -0.4 is 9.44 Å². The van der Waals surface area contributed by atoms with Crippen molar-refractivity contribution in [3.8, 4) is 23.7 Å². The molecule has 0 radical (unpaired) electrons. The van der Waals surface area contributed by atoms with E-state index in [1.54, 1.807) is 38.1 Å². The lowest BCUT2D eigenvalue weighted by Gasteiger charge is -2.08. The molecule has 2 aromatic rings. The molecule has 0 aromatic heterocycles. The molecular formula is C20H20N2O6S2. The summed E-state index contributed by atoms with van der Waals surface area (Å²) in [5, 5.41) is 19.4. The third kappa shape index (κ3) is 6.97. The molecule has 0 amide bonds. The van der Waals surface area contributed by atoms with E-state index < -0.39 is 32.5 Å². The van der Waals surface area contributed by atoms with Gasteiger partial charge in [0.15, 0.2) is 12.5 Å². The van der Waals surface area contributed by atoms with Gasteiger partial charge in [-0.1, -0.05) is 35.4 Å². The summed E-state index contributed by atoms with van der Waals surface area (Å²) in [6, 6.07) is 12.0. The Hall–Kier alpha value is -2.70. The van der Waals surface area contributed by atoms with E-state index in [1.807, 2.05) is 9.44 Å². The standard InChI is InChI=1S/C20H20N2O6S2/c1-15-7-11-17(12-8-15)29(25,26)21-19(23)5-3-4-6-20(24)22-30(27,28)18-13-9-16(2)10-14-18/h7-14,19-24H,1-2H3. The molecule has 8 nitrogen and oxygen atoms in total. The lowest BCUT2D eigenvalue weighted by atomic mass is 10.2. The fourth-order valence-corrected chi connectivity index (χ4v) is 4.10. The molecule has 2 aromatic carbocycles. The van der Waals surface area contributed by atoms with Gasteiger partial charge in [-0.3, -0.25) is 0 Å². The minimum atomic E-state index is -3.98. The fraction of sp³-hybridized carbons (Fsp3) is 0.200. The number of benzene rings is 2. The lowest BCUT2D eigenvalue weighted by molar-refractivity contribution is 0.220. The zero-order valence-corrected chi connectivity index (χ0v) is 17.8. The molecule has 10 heteroatoms. The molecule has 4 N–H and O–H groups in total. The monoisotopic (exact) mass is 448 g/mol. The predicted octanol–water partition coefficient (Wildman–Crippen LogP) is 0.204. The van der Waals surface area contributed by atoms with Crippen molar-refractivity contribution in [3.05, 3.63) is 59.7 Å². The van der Waals surface area contributed by atoms with Crippen LogP contribution in [0.25, 0.3) is 0 Å². The summed E-state index contributed by atoms with van der Waals surface area (Å²) in [6.45, 7) is 3.61. The average Bonchev–Trinajstić information content (AvgIpc) is 2.65. The quantitative estimate of drug-likeness (QED) is 0.369. The molecule has 0 saturated carbocycles. The van der Waals surface area contributed by atoms with Crippen LogP contribution in [0.3, 0.4) is 0 Å². The van der Waals surface area contributed by atoms with Crippen LogP contribution >= 0.6 is 0 Å². The van der Waals surface area contributed by atoms with E-state index in [1.165, 1.54) is 24.3 Å². The molecule has 2 unspecified atom stereocenters. The molecule has 2 atom stereocenters. The van der Waals surface area contributed by atoms with Crippen molar-refractivity contribution in [1.29, 1.82) is 0 Å². The second-order valence-electron chi connectivity index (χ2n) is 6.21. The van der Waals surface area contributed by atoms with Crippen molar-refractivity contribution in [2.45, 2.75) is 36.1 Å². The maximum atomic E-state index is 12.1. The highest BCUT2D eigenvalue weighted by Gasteiger charge is 2.17. The Kier molecular flexibility index (Phi) is 7.76. The first-order chi connectivity index (χ1) is 14.0. The summed E-state index contributed by atoms with van der Waals surface area (Å²) >= 11 is 0. The van der Waals surface area contributed by atoms with Gasteiger partial charge in [-0.05, 0) is 61.8 Å². The van der Waals surface area contributed by atoms with Crippen LogP contribution in [0, 0.1) is 37.5 Å². The number of rotatable bonds is 6. The second kappa shape index (κ2) is 9.87. The maximum Gasteiger partial charge on any atom is 0.243 e. The molecular weight excluding hydrogens is 428 g/mol. The summed E-state index contributed by atoms with van der Waals surface area (Å²) in [6.07, 6.45) is -3.49. The van der Waals surface area contributed by atoms with Crippen molar-refractivity contribution in [2.75, 3.05) is 0 Å². The summed E-state index contributed by atoms with van der Waals surface area (Å²) < 4.78 is 52.4. The fourth-order valence-electron chi connectivity index (χ4n) is 2.13. The number of sulfonamides is 2. The Balaban J connectivity index is 1.98. The number of nitrogens with one attached hydrogen (secondary N) is 2. The van der Waals surface area contributed by atoms with E-state index in [9.17, 15) is 27.0 Å². The molecule has 0 aliphatic rings. The van der Waals surface area contributed by atoms with Crippen LogP contribution in [0.15, 0.2) is 58.3 Å². The third-order valence-electron chi connectivity index (χ3n) is 3.68. The first-order valence-electron chi connectivity index (χ1n) is 8.55. The zero-order valence-electron chi connectivity index (χ0n) is 16.1. The third-order valence-corrected chi connectivity index (χ3v) is 6.53. The first kappa shape index (κ1) is 23.6. The van der Waals surface area contributed by atoms with E-state index in [4.69, 9.17) is 0 Å². The van der Waals surface area contributed by atoms with Gasteiger partial charge in [-0.2, -0.15) is 9.44 Å². The van der Waals surface area contributed by atoms with Crippen LogP contribution in [0.1, 0.15) is 11.1 Å². The molecule has 0 aliphatic heterocycles. The average molecular weight is 449 g/mol. The Labute approximate surface area is 176 Å². The van der Waals surface area contributed by atoms with Gasteiger partial charge < -0.3 is 10.2 Å². The highest BCUT2D eigenvalue weighted by molar-refractivity contribution is 7.89. The molecule has 0 aliphatic carbocycles. The summed E-state index contributed by atoms with van der Waals surface area (Å²) in [4.78, 5) is -0.0815. The van der Waals surface area contributed by atoms with Crippen LogP contribution in [0.2, 0.25) is 0 Å². The Morgan fingerprint density at radius 1 is 0.667 bits per heavy atom. The lowest BCUT2D eigenvalue weighted by Crippen LogP contribution is -2.33. The Morgan fingerprint density at radius 2 is 0.967 bits per heavy atom. The predicted molar refractivity (Wildman–Crippen MR) is 111 cm³/mol. The topological polar surface area (TPSA) is 133 Å². The zero-order chi connectivity index (χ0) is 22.4. The van der Waals surface area contributed by atoms with Crippen molar-refractivity contribution < 1.29 is 27.0 Å². The van der Waals surface area contributed by atoms with Gasteiger partial charge in [0.1, 0.15) is 0 Å². The first-order valence-corrected chi connectivity index (χ1v) is 11.5. The summed E-state index contributed by atoms with van der Waals surface area (Å²) in [7, 11) is -7.96. The molecule has 158 valence electrons. The van der Waals surface area contributed by atoms with Gasteiger partial charge in [0.2, 0.25) is 20.0 Å². The van der Waals surface area contributed by atoms with Gasteiger partial charge >= 0.3 is 0 Å². The second-order valence-corrected chi connectivity index (χ2v) is 9.64. The highest BCUT2D eigenvalue weighted by atomic mass is 32.2. The number of aliphatic hydroxyl groups excluding tert-OH is 2. The smallest absolute Gasteiger partial charge is 0.243 e. The van der Waals surface area contributed by atoms with E-state index in [-0.39, 0.29) is 9.79 Å². The number of hydrogen-bond acceptors (Lipinski definition) is 6. The van der Waals surface area contributed by atoms with Crippen molar-refractivity contribution in [3.63, 3.8) is 0 Å². The van der Waals surface area contributed by atoms with E-state index >= 15 is 0 Å². The summed E-state index contributed by atoms with van der Waals surface area (Å²) in [5.74, 6) is 8.56. The molecule has 30 heavy (non-hydrogen) atoms. The highest BCUT2D eigenvalue weighted by Crippen LogP contribution is 2.11. The minimum Gasteiger partial charge on any atom is -0.367 e. The van der Waals surface area contributed by atoms with Crippen LogP contribution in [-0.2, 0) is 20.0 Å². The van der Waals surface area contributed by atoms with Gasteiger partial charge in [-0.25, -0.2) is 16.8 Å². The molecule has 2 rings (SSSR count). The van der Waals surface area contributed by atoms with Crippen LogP contribution in [-0.4, -0.2) is 39.5 Å². The number of aliphatic hydroxyl groups is 2. The molecule has 0 saturated heterocycles. The molecule has 0 fully saturated rings. The number of aryl methyl sites for hydroxylation is 2. The van der Waals surface area contributed by atoms with Gasteiger partial charge in [0.25, 0.3) is 0 Å². The van der Waals surface area contributed by atoms with Crippen molar-refractivity contribution in [2.24, 2.45) is 0 Å².